The Morgan fingerprint density at radius 3 is 2.45 bits per heavy atom. The highest BCUT2D eigenvalue weighted by Crippen LogP contribution is 2.21. The molecule has 22 heavy (non-hydrogen) atoms. The zero-order valence-corrected chi connectivity index (χ0v) is 13.4. The Morgan fingerprint density at radius 1 is 1.14 bits per heavy atom. The van der Waals surface area contributed by atoms with E-state index < -0.39 is 0 Å². The minimum absolute atomic E-state index is 0.0109. The SMILES string of the molecule is CC[C@@H](C)c1ccc(OCC(=O)Nc2ccccc2C)cc1. The quantitative estimate of drug-likeness (QED) is 0.851. The summed E-state index contributed by atoms with van der Waals surface area (Å²) in [6, 6.07) is 15.6. The molecule has 1 atom stereocenters. The van der Waals surface area contributed by atoms with E-state index in [1.54, 1.807) is 0 Å². The molecule has 0 heterocycles. The number of hydrogen-bond acceptors (Lipinski definition) is 2. The van der Waals surface area contributed by atoms with Crippen LogP contribution in [-0.4, -0.2) is 12.5 Å². The summed E-state index contributed by atoms with van der Waals surface area (Å²) in [6.07, 6.45) is 1.11. The lowest BCUT2D eigenvalue weighted by Gasteiger charge is -2.11. The molecule has 3 nitrogen and oxygen atoms in total. The predicted molar refractivity (Wildman–Crippen MR) is 90.5 cm³/mol. The maximum atomic E-state index is 11.9. The Labute approximate surface area is 132 Å². The standard InChI is InChI=1S/C19H23NO2/c1-4-14(2)16-9-11-17(12-10-16)22-13-19(21)20-18-8-6-5-7-15(18)3/h5-12,14H,4,13H2,1-3H3,(H,20,21)/t14-/m1/s1. The zero-order valence-electron chi connectivity index (χ0n) is 13.4. The molecule has 2 aromatic carbocycles. The minimum Gasteiger partial charge on any atom is -0.484 e. The molecule has 0 unspecified atom stereocenters. The molecule has 0 aliphatic rings. The first-order valence-electron chi connectivity index (χ1n) is 7.68. The van der Waals surface area contributed by atoms with Gasteiger partial charge in [-0.3, -0.25) is 4.79 Å². The van der Waals surface area contributed by atoms with Crippen LogP contribution in [0.25, 0.3) is 0 Å². The van der Waals surface area contributed by atoms with Crippen LogP contribution in [0.4, 0.5) is 5.69 Å². The number of hydrogen-bond donors (Lipinski definition) is 1. The monoisotopic (exact) mass is 297 g/mol. The summed E-state index contributed by atoms with van der Waals surface area (Å²) in [4.78, 5) is 11.9. The van der Waals surface area contributed by atoms with Crippen molar-refractivity contribution in [2.24, 2.45) is 0 Å². The predicted octanol–water partition coefficient (Wildman–Crippen LogP) is 4.53. The average molecular weight is 297 g/mol. The molecule has 1 amide bonds. The van der Waals surface area contributed by atoms with Gasteiger partial charge < -0.3 is 10.1 Å². The van der Waals surface area contributed by atoms with Gasteiger partial charge in [0.25, 0.3) is 5.91 Å². The summed E-state index contributed by atoms with van der Waals surface area (Å²) in [5.41, 5.74) is 3.15. The van der Waals surface area contributed by atoms with Crippen molar-refractivity contribution in [2.75, 3.05) is 11.9 Å². The topological polar surface area (TPSA) is 38.3 Å². The van der Waals surface area contributed by atoms with E-state index in [1.165, 1.54) is 5.56 Å². The highest BCUT2D eigenvalue weighted by atomic mass is 16.5. The fourth-order valence-electron chi connectivity index (χ4n) is 2.18. The lowest BCUT2D eigenvalue weighted by molar-refractivity contribution is -0.118. The Hall–Kier alpha value is -2.29. The van der Waals surface area contributed by atoms with Gasteiger partial charge >= 0.3 is 0 Å². The van der Waals surface area contributed by atoms with Gasteiger partial charge in [-0.2, -0.15) is 0 Å². The molecular formula is C19H23NO2. The fraction of sp³-hybridized carbons (Fsp3) is 0.316. The van der Waals surface area contributed by atoms with Crippen molar-refractivity contribution in [2.45, 2.75) is 33.1 Å². The number of amides is 1. The smallest absolute Gasteiger partial charge is 0.262 e. The van der Waals surface area contributed by atoms with Crippen LogP contribution in [0.2, 0.25) is 0 Å². The number of para-hydroxylation sites is 1. The summed E-state index contributed by atoms with van der Waals surface area (Å²) < 4.78 is 5.54. The van der Waals surface area contributed by atoms with Crippen LogP contribution in [0.15, 0.2) is 48.5 Å². The number of anilines is 1. The Bertz CT molecular complexity index is 620. The largest absolute Gasteiger partial charge is 0.484 e. The van der Waals surface area contributed by atoms with Gasteiger partial charge in [-0.05, 0) is 48.6 Å². The van der Waals surface area contributed by atoms with Crippen molar-refractivity contribution in [3.05, 3.63) is 59.7 Å². The molecule has 0 aromatic heterocycles. The minimum atomic E-state index is -0.152. The molecule has 0 radical (unpaired) electrons. The summed E-state index contributed by atoms with van der Waals surface area (Å²) in [7, 11) is 0. The Morgan fingerprint density at radius 2 is 1.82 bits per heavy atom. The first-order valence-corrected chi connectivity index (χ1v) is 7.68. The van der Waals surface area contributed by atoms with E-state index >= 15 is 0 Å². The van der Waals surface area contributed by atoms with Gasteiger partial charge in [0.1, 0.15) is 5.75 Å². The van der Waals surface area contributed by atoms with Crippen LogP contribution >= 0.6 is 0 Å². The van der Waals surface area contributed by atoms with E-state index in [4.69, 9.17) is 4.74 Å². The van der Waals surface area contributed by atoms with Crippen LogP contribution in [0.1, 0.15) is 37.3 Å². The van der Waals surface area contributed by atoms with E-state index in [1.807, 2.05) is 43.3 Å². The molecule has 0 bridgehead atoms. The third-order valence-electron chi connectivity index (χ3n) is 3.85. The van der Waals surface area contributed by atoms with Gasteiger partial charge in [0.2, 0.25) is 0 Å². The van der Waals surface area contributed by atoms with Gasteiger partial charge in [0.05, 0.1) is 0 Å². The van der Waals surface area contributed by atoms with Gasteiger partial charge in [0.15, 0.2) is 6.61 Å². The summed E-state index contributed by atoms with van der Waals surface area (Å²) in [5.74, 6) is 1.10. The molecule has 0 fully saturated rings. The van der Waals surface area contributed by atoms with Gasteiger partial charge in [-0.15, -0.1) is 0 Å². The molecule has 1 N–H and O–H groups in total. The average Bonchev–Trinajstić information content (AvgIpc) is 2.55. The number of aryl methyl sites for hydroxylation is 1. The molecule has 2 rings (SSSR count). The van der Waals surface area contributed by atoms with Gasteiger partial charge in [-0.1, -0.05) is 44.2 Å². The van der Waals surface area contributed by atoms with Crippen molar-refractivity contribution >= 4 is 11.6 Å². The number of carbonyl (C=O) groups is 1. The van der Waals surface area contributed by atoms with Crippen molar-refractivity contribution in [3.63, 3.8) is 0 Å². The second-order valence-corrected chi connectivity index (χ2v) is 5.53. The van der Waals surface area contributed by atoms with Crippen LogP contribution in [0.3, 0.4) is 0 Å². The van der Waals surface area contributed by atoms with E-state index in [0.717, 1.165) is 17.7 Å². The number of rotatable bonds is 6. The number of ether oxygens (including phenoxy) is 1. The molecule has 0 saturated carbocycles. The molecule has 0 aliphatic heterocycles. The van der Waals surface area contributed by atoms with Crippen LogP contribution < -0.4 is 10.1 Å². The van der Waals surface area contributed by atoms with Crippen molar-refractivity contribution < 1.29 is 9.53 Å². The normalized spacial score (nSPS) is 11.8. The van der Waals surface area contributed by atoms with Crippen LogP contribution in [0.5, 0.6) is 5.75 Å². The number of carbonyl (C=O) groups excluding carboxylic acids is 1. The second-order valence-electron chi connectivity index (χ2n) is 5.53. The Balaban J connectivity index is 1.87. The lowest BCUT2D eigenvalue weighted by atomic mass is 9.99. The first kappa shape index (κ1) is 16.1. The maximum Gasteiger partial charge on any atom is 0.262 e. The number of benzene rings is 2. The van der Waals surface area contributed by atoms with Crippen molar-refractivity contribution in [3.8, 4) is 5.75 Å². The van der Waals surface area contributed by atoms with Crippen LogP contribution in [-0.2, 0) is 4.79 Å². The highest BCUT2D eigenvalue weighted by molar-refractivity contribution is 5.92. The van der Waals surface area contributed by atoms with Gasteiger partial charge in [0, 0.05) is 5.69 Å². The maximum absolute atomic E-state index is 11.9. The third kappa shape index (κ3) is 4.35. The summed E-state index contributed by atoms with van der Waals surface area (Å²) in [6.45, 7) is 6.34. The fourth-order valence-corrected chi connectivity index (χ4v) is 2.18. The lowest BCUT2D eigenvalue weighted by Crippen LogP contribution is -2.20. The summed E-state index contributed by atoms with van der Waals surface area (Å²) >= 11 is 0. The van der Waals surface area contributed by atoms with E-state index in [9.17, 15) is 4.79 Å². The second kappa shape index (κ2) is 7.64. The molecular weight excluding hydrogens is 274 g/mol. The number of nitrogens with one attached hydrogen (secondary N) is 1. The Kier molecular flexibility index (Phi) is 5.59. The van der Waals surface area contributed by atoms with Crippen molar-refractivity contribution in [1.82, 2.24) is 0 Å². The van der Waals surface area contributed by atoms with E-state index in [-0.39, 0.29) is 12.5 Å². The third-order valence-corrected chi connectivity index (χ3v) is 3.85. The summed E-state index contributed by atoms with van der Waals surface area (Å²) in [5, 5.41) is 2.86. The van der Waals surface area contributed by atoms with Crippen molar-refractivity contribution in [1.29, 1.82) is 0 Å². The van der Waals surface area contributed by atoms with Gasteiger partial charge in [-0.25, -0.2) is 0 Å². The van der Waals surface area contributed by atoms with E-state index in [2.05, 4.69) is 31.3 Å². The molecule has 0 saturated heterocycles. The molecule has 3 heteroatoms. The molecule has 0 spiro atoms. The first-order chi connectivity index (χ1) is 10.6. The zero-order chi connectivity index (χ0) is 15.9. The van der Waals surface area contributed by atoms with Crippen LogP contribution in [0, 0.1) is 6.92 Å². The highest BCUT2D eigenvalue weighted by Gasteiger charge is 2.06. The van der Waals surface area contributed by atoms with E-state index in [0.29, 0.717) is 11.7 Å². The molecule has 116 valence electrons. The molecule has 0 aliphatic carbocycles. The molecule has 2 aromatic rings.